The van der Waals surface area contributed by atoms with Gasteiger partial charge in [-0.2, -0.15) is 0 Å². The molecule has 276 valence electrons. The minimum atomic E-state index is -0.366. The van der Waals surface area contributed by atoms with E-state index < -0.39 is 0 Å². The molecule has 0 N–H and O–H groups in total. The lowest BCUT2D eigenvalue weighted by atomic mass is 9.70. The van der Waals surface area contributed by atoms with Gasteiger partial charge in [-0.25, -0.2) is 4.68 Å². The van der Waals surface area contributed by atoms with Crippen LogP contribution in [0.2, 0.25) is 0 Å². The Bertz CT molecular complexity index is 2100. The molecular weight excluding hydrogens is 661 g/mol. The lowest BCUT2D eigenvalue weighted by Gasteiger charge is -2.33. The van der Waals surface area contributed by atoms with E-state index in [1.165, 1.54) is 122 Å². The van der Waals surface area contributed by atoms with Crippen LogP contribution in [0.15, 0.2) is 96.2 Å². The van der Waals surface area contributed by atoms with E-state index in [1.807, 2.05) is 10.7 Å². The van der Waals surface area contributed by atoms with E-state index in [0.717, 1.165) is 24.2 Å². The summed E-state index contributed by atoms with van der Waals surface area (Å²) in [5.41, 5.74) is 21.8. The van der Waals surface area contributed by atoms with Gasteiger partial charge in [-0.15, -0.1) is 17.4 Å². The van der Waals surface area contributed by atoms with Gasteiger partial charge in [0.15, 0.2) is 0 Å². The number of unbranched alkanes of at least 4 members (excludes halogenated alkanes) is 10. The first kappa shape index (κ1) is 37.2. The van der Waals surface area contributed by atoms with E-state index in [9.17, 15) is 5.53 Å². The van der Waals surface area contributed by atoms with E-state index in [-0.39, 0.29) is 10.8 Å². The van der Waals surface area contributed by atoms with Crippen molar-refractivity contribution in [2.75, 3.05) is 0 Å². The molecule has 0 radical (unpaired) electrons. The molecule has 0 atom stereocenters. The number of azide groups is 1. The van der Waals surface area contributed by atoms with Crippen molar-refractivity contribution in [3.8, 4) is 40.3 Å². The van der Waals surface area contributed by atoms with E-state index in [4.69, 9.17) is 16.7 Å². The maximum atomic E-state index is 9.39. The van der Waals surface area contributed by atoms with Crippen molar-refractivity contribution in [3.05, 3.63) is 130 Å². The van der Waals surface area contributed by atoms with Crippen LogP contribution in [0.4, 0.5) is 5.69 Å². The third-order valence-corrected chi connectivity index (χ3v) is 12.3. The fourth-order valence-electron chi connectivity index (χ4n) is 9.65. The van der Waals surface area contributed by atoms with E-state index >= 15 is 0 Å². The Kier molecular flexibility index (Phi) is 11.7. The van der Waals surface area contributed by atoms with E-state index in [2.05, 4.69) is 115 Å². The zero-order valence-electron chi connectivity index (χ0n) is 32.2. The van der Waals surface area contributed by atoms with Gasteiger partial charge in [0.25, 0.3) is 0 Å². The highest BCUT2D eigenvalue weighted by Gasteiger charge is 2.44. The number of aromatic nitrogens is 3. The summed E-state index contributed by atoms with van der Waals surface area (Å²) >= 11 is 0. The minimum absolute atomic E-state index is 0.158. The Balaban J connectivity index is 1.25. The average molecular weight is 715 g/mol. The first-order valence-corrected chi connectivity index (χ1v) is 20.5. The number of rotatable bonds is 19. The molecule has 4 aromatic carbocycles. The van der Waals surface area contributed by atoms with Crippen LogP contribution >= 0.6 is 0 Å². The van der Waals surface area contributed by atoms with Crippen LogP contribution in [0.25, 0.3) is 38.4 Å². The Hall–Kier alpha value is -5.11. The number of hydrogen-bond acceptors (Lipinski definition) is 3. The fourth-order valence-corrected chi connectivity index (χ4v) is 9.65. The van der Waals surface area contributed by atoms with E-state index in [0.29, 0.717) is 18.5 Å². The molecule has 6 nitrogen and oxygen atoms in total. The molecule has 0 saturated heterocycles. The van der Waals surface area contributed by atoms with Crippen LogP contribution in [-0.2, 0) is 17.3 Å². The van der Waals surface area contributed by atoms with Crippen molar-refractivity contribution in [2.45, 2.75) is 127 Å². The number of hydrogen-bond donors (Lipinski definition) is 0. The molecular formula is C48H54N6. The highest BCUT2D eigenvalue weighted by molar-refractivity contribution is 5.84. The summed E-state index contributed by atoms with van der Waals surface area (Å²) in [7, 11) is 0. The second-order valence-electron chi connectivity index (χ2n) is 15.7. The molecule has 54 heavy (non-hydrogen) atoms. The van der Waals surface area contributed by atoms with Gasteiger partial charge in [-0.3, -0.25) is 0 Å². The molecule has 2 aliphatic rings. The van der Waals surface area contributed by atoms with Crippen LogP contribution in [0.5, 0.6) is 0 Å². The van der Waals surface area contributed by atoms with Crippen LogP contribution in [0.3, 0.4) is 0 Å². The van der Waals surface area contributed by atoms with Gasteiger partial charge in [0, 0.05) is 34.3 Å². The van der Waals surface area contributed by atoms with Crippen LogP contribution < -0.4 is 0 Å². The summed E-state index contributed by atoms with van der Waals surface area (Å²) in [4.78, 5) is 3.17. The minimum Gasteiger partial charge on any atom is -0.220 e. The lowest BCUT2D eigenvalue weighted by molar-refractivity contribution is 0.398. The molecule has 0 bridgehead atoms. The molecule has 5 aromatic rings. The quantitative estimate of drug-likeness (QED) is 0.0280. The second-order valence-corrected chi connectivity index (χ2v) is 15.7. The maximum Gasteiger partial charge on any atom is 0.0844 e. The van der Waals surface area contributed by atoms with Crippen molar-refractivity contribution in [1.29, 1.82) is 0 Å². The van der Waals surface area contributed by atoms with Gasteiger partial charge in [0.2, 0.25) is 0 Å². The first-order valence-electron chi connectivity index (χ1n) is 20.5. The van der Waals surface area contributed by atoms with Crippen molar-refractivity contribution in [2.24, 2.45) is 5.11 Å². The zero-order chi connectivity index (χ0) is 37.4. The highest BCUT2D eigenvalue weighted by atomic mass is 15.4. The lowest BCUT2D eigenvalue weighted by Crippen LogP contribution is -2.28. The van der Waals surface area contributed by atoms with Crippen LogP contribution in [0, 0.1) is 12.3 Å². The Morgan fingerprint density at radius 1 is 0.667 bits per heavy atom. The summed E-state index contributed by atoms with van der Waals surface area (Å²) in [6.07, 6.45) is 26.7. The zero-order valence-corrected chi connectivity index (χ0v) is 32.2. The number of nitrogens with zero attached hydrogens (tertiary/aromatic N) is 6. The Morgan fingerprint density at radius 3 is 1.83 bits per heavy atom. The Morgan fingerprint density at radius 2 is 1.22 bits per heavy atom. The van der Waals surface area contributed by atoms with E-state index in [1.54, 1.807) is 0 Å². The first-order chi connectivity index (χ1) is 26.6. The summed E-state index contributed by atoms with van der Waals surface area (Å²) in [5, 5.41) is 13.6. The smallest absolute Gasteiger partial charge is 0.0844 e. The molecule has 0 unspecified atom stereocenters. The largest absolute Gasteiger partial charge is 0.220 e. The van der Waals surface area contributed by atoms with Gasteiger partial charge in [-0.1, -0.05) is 168 Å². The van der Waals surface area contributed by atoms with Crippen molar-refractivity contribution >= 4 is 5.69 Å². The highest BCUT2D eigenvalue weighted by Crippen LogP contribution is 2.56. The summed E-state index contributed by atoms with van der Waals surface area (Å²) in [6, 6.07) is 30.5. The second kappa shape index (κ2) is 16.9. The fraction of sp³-hybridized carbons (Fsp3) is 0.417. The number of terminal acetylenes is 1. The normalized spacial score (nSPS) is 14.1. The van der Waals surface area contributed by atoms with Gasteiger partial charge in [0.05, 0.1) is 17.6 Å². The average Bonchev–Trinajstić information content (AvgIpc) is 3.85. The monoisotopic (exact) mass is 714 g/mol. The molecule has 0 saturated carbocycles. The van der Waals surface area contributed by atoms with Gasteiger partial charge in [0.1, 0.15) is 0 Å². The summed E-state index contributed by atoms with van der Waals surface area (Å²) in [6.45, 7) is 4.56. The molecule has 6 heteroatoms. The van der Waals surface area contributed by atoms with Crippen molar-refractivity contribution < 1.29 is 0 Å². The molecule has 0 fully saturated rings. The van der Waals surface area contributed by atoms with Crippen molar-refractivity contribution in [1.82, 2.24) is 15.0 Å². The van der Waals surface area contributed by atoms with Crippen molar-refractivity contribution in [3.63, 3.8) is 0 Å². The molecule has 0 amide bonds. The predicted octanol–water partition coefficient (Wildman–Crippen LogP) is 13.5. The SMILES string of the molecule is C#CCC1(Cc2cn(-c3ccc4c(c3)C(CCCCCCCC)(CCCCCCCC)c3cc(N=[N+]=[N-])ccc3-4)nn2)c2ccccc2-c2ccccc21. The van der Waals surface area contributed by atoms with Gasteiger partial charge >= 0.3 is 0 Å². The van der Waals surface area contributed by atoms with Crippen LogP contribution in [0.1, 0.15) is 138 Å². The molecule has 2 aliphatic carbocycles. The molecule has 0 spiro atoms. The third kappa shape index (κ3) is 7.10. The predicted molar refractivity (Wildman–Crippen MR) is 222 cm³/mol. The third-order valence-electron chi connectivity index (χ3n) is 12.3. The summed E-state index contributed by atoms with van der Waals surface area (Å²) < 4.78 is 1.96. The topological polar surface area (TPSA) is 79.5 Å². The molecule has 7 rings (SSSR count). The number of benzene rings is 4. The van der Waals surface area contributed by atoms with Gasteiger partial charge < -0.3 is 0 Å². The number of fused-ring (bicyclic) bond motifs is 6. The summed E-state index contributed by atoms with van der Waals surface area (Å²) in [5.74, 6) is 3.03. The maximum absolute atomic E-state index is 9.39. The Labute approximate surface area is 322 Å². The van der Waals surface area contributed by atoms with Gasteiger partial charge in [-0.05, 0) is 81.1 Å². The standard InChI is InChI=1S/C48H54N6/c1-4-7-9-11-13-19-30-47(31-20-14-12-10-8-5-2)45-32-36(50-52-49)25-27-41(45)42-28-26-38(33-46(42)47)54-35-37(51-53-54)34-48(29-6-3)43-23-17-15-21-39(43)40-22-16-18-24-44(40)48/h3,15-18,21-28,32-33,35H,4-5,7-14,19-20,29-31,34H2,1-2H3. The van der Waals surface area contributed by atoms with Crippen LogP contribution in [-0.4, -0.2) is 15.0 Å². The molecule has 1 aromatic heterocycles. The molecule has 1 heterocycles. The molecule has 0 aliphatic heterocycles.